The van der Waals surface area contributed by atoms with E-state index in [2.05, 4.69) is 0 Å². The van der Waals surface area contributed by atoms with E-state index in [1.807, 2.05) is 0 Å². The van der Waals surface area contributed by atoms with Crippen molar-refractivity contribution >= 4 is 11.5 Å². The van der Waals surface area contributed by atoms with Crippen LogP contribution in [0.5, 0.6) is 5.75 Å². The molecule has 0 heterocycles. The first-order valence-electron chi connectivity index (χ1n) is 5.25. The number of carbonyl (C=O) groups excluding carboxylic acids is 1. The summed E-state index contributed by atoms with van der Waals surface area (Å²) in [6.07, 6.45) is 0.639. The Bertz CT molecular complexity index is 464. The van der Waals surface area contributed by atoms with E-state index in [-0.39, 0.29) is 12.2 Å². The molecular formula is C12H13NO5. The van der Waals surface area contributed by atoms with Gasteiger partial charge in [0.1, 0.15) is 11.3 Å². The van der Waals surface area contributed by atoms with Gasteiger partial charge in [-0.25, -0.2) is 4.79 Å². The summed E-state index contributed by atoms with van der Waals surface area (Å²) in [4.78, 5) is 21.4. The van der Waals surface area contributed by atoms with Crippen LogP contribution < -0.4 is 4.74 Å². The fourth-order valence-corrected chi connectivity index (χ4v) is 1.33. The number of hydrogen-bond acceptors (Lipinski definition) is 5. The van der Waals surface area contributed by atoms with E-state index in [1.54, 1.807) is 31.2 Å². The Balaban J connectivity index is 3.09. The van der Waals surface area contributed by atoms with Crippen LogP contribution in [-0.2, 0) is 9.53 Å². The molecule has 0 atom stereocenters. The van der Waals surface area contributed by atoms with Crippen molar-refractivity contribution in [1.29, 1.82) is 0 Å². The Labute approximate surface area is 104 Å². The minimum absolute atomic E-state index is 0.0931. The monoisotopic (exact) mass is 251 g/mol. The molecule has 0 fully saturated rings. The lowest BCUT2D eigenvalue weighted by Gasteiger charge is -2.05. The van der Waals surface area contributed by atoms with E-state index in [0.717, 1.165) is 0 Å². The molecule has 0 aliphatic heterocycles. The van der Waals surface area contributed by atoms with Crippen LogP contribution in [0.2, 0.25) is 0 Å². The molecule has 96 valence electrons. The van der Waals surface area contributed by atoms with Crippen molar-refractivity contribution in [2.45, 2.75) is 6.92 Å². The summed E-state index contributed by atoms with van der Waals surface area (Å²) in [5.74, 6) is -0.123. The molecule has 0 N–H and O–H groups in total. The molecule has 0 aromatic heterocycles. The molecule has 0 amide bonds. The molecule has 0 aliphatic rings. The molecule has 0 aliphatic carbocycles. The van der Waals surface area contributed by atoms with Gasteiger partial charge in [0.05, 0.1) is 18.6 Å². The predicted molar refractivity (Wildman–Crippen MR) is 64.6 cm³/mol. The molecule has 0 saturated carbocycles. The molecule has 18 heavy (non-hydrogen) atoms. The summed E-state index contributed by atoms with van der Waals surface area (Å²) in [5, 5.41) is 10.5. The SMILES string of the molecule is CCOC(=O)/C(=C\[N+](=O)[O-])c1ccc(OC)cc1. The largest absolute Gasteiger partial charge is 0.497 e. The fourth-order valence-electron chi connectivity index (χ4n) is 1.33. The maximum Gasteiger partial charge on any atom is 0.345 e. The third-order valence-electron chi connectivity index (χ3n) is 2.13. The quantitative estimate of drug-likeness (QED) is 0.345. The highest BCUT2D eigenvalue weighted by molar-refractivity contribution is 6.16. The summed E-state index contributed by atoms with van der Waals surface area (Å²) < 4.78 is 9.74. The van der Waals surface area contributed by atoms with E-state index < -0.39 is 10.9 Å². The van der Waals surface area contributed by atoms with Crippen LogP contribution in [0.25, 0.3) is 5.57 Å². The number of carbonyl (C=O) groups is 1. The summed E-state index contributed by atoms with van der Waals surface area (Å²) in [7, 11) is 1.51. The maximum absolute atomic E-state index is 11.6. The van der Waals surface area contributed by atoms with E-state index in [9.17, 15) is 14.9 Å². The Morgan fingerprint density at radius 3 is 2.44 bits per heavy atom. The van der Waals surface area contributed by atoms with E-state index in [4.69, 9.17) is 9.47 Å². The lowest BCUT2D eigenvalue weighted by Crippen LogP contribution is -2.08. The third-order valence-corrected chi connectivity index (χ3v) is 2.13. The van der Waals surface area contributed by atoms with Gasteiger partial charge in [-0.15, -0.1) is 0 Å². The molecule has 1 rings (SSSR count). The van der Waals surface area contributed by atoms with Crippen LogP contribution in [-0.4, -0.2) is 24.6 Å². The average Bonchev–Trinajstić information content (AvgIpc) is 2.36. The normalized spacial score (nSPS) is 10.9. The minimum Gasteiger partial charge on any atom is -0.497 e. The van der Waals surface area contributed by atoms with Crippen molar-refractivity contribution in [2.75, 3.05) is 13.7 Å². The highest BCUT2D eigenvalue weighted by Crippen LogP contribution is 2.19. The van der Waals surface area contributed by atoms with Gasteiger partial charge in [-0.05, 0) is 24.6 Å². The zero-order valence-electron chi connectivity index (χ0n) is 10.1. The van der Waals surface area contributed by atoms with Gasteiger partial charge in [-0.3, -0.25) is 10.1 Å². The summed E-state index contributed by atoms with van der Waals surface area (Å²) in [6.45, 7) is 1.79. The molecule has 1 aromatic rings. The maximum atomic E-state index is 11.6. The molecular weight excluding hydrogens is 238 g/mol. The molecule has 1 aromatic carbocycles. The first-order valence-corrected chi connectivity index (χ1v) is 5.25. The Morgan fingerprint density at radius 1 is 1.39 bits per heavy atom. The highest BCUT2D eigenvalue weighted by atomic mass is 16.6. The molecule has 0 radical (unpaired) electrons. The van der Waals surface area contributed by atoms with Crippen molar-refractivity contribution in [3.8, 4) is 5.75 Å². The summed E-state index contributed by atoms with van der Waals surface area (Å²) in [6, 6.07) is 6.35. The standard InChI is InChI=1S/C12H13NO5/c1-3-18-12(14)11(8-13(15)16)9-4-6-10(17-2)7-5-9/h4-8H,3H2,1-2H3/b11-8-. The second-order valence-corrected chi connectivity index (χ2v) is 3.28. The number of methoxy groups -OCH3 is 1. The Kier molecular flexibility index (Phi) is 4.86. The van der Waals surface area contributed by atoms with E-state index in [0.29, 0.717) is 17.5 Å². The van der Waals surface area contributed by atoms with Crippen LogP contribution in [0.15, 0.2) is 30.5 Å². The second kappa shape index (κ2) is 6.39. The van der Waals surface area contributed by atoms with Crippen LogP contribution in [0.3, 0.4) is 0 Å². The van der Waals surface area contributed by atoms with Crippen LogP contribution in [0.4, 0.5) is 0 Å². The molecule has 6 heteroatoms. The fraction of sp³-hybridized carbons (Fsp3) is 0.250. The summed E-state index contributed by atoms with van der Waals surface area (Å²) in [5.41, 5.74) is 0.315. The van der Waals surface area contributed by atoms with Gasteiger partial charge in [0.2, 0.25) is 6.20 Å². The second-order valence-electron chi connectivity index (χ2n) is 3.28. The van der Waals surface area contributed by atoms with Gasteiger partial charge in [-0.1, -0.05) is 12.1 Å². The molecule has 0 saturated heterocycles. The summed E-state index contributed by atoms with van der Waals surface area (Å²) >= 11 is 0. The number of nitro groups is 1. The molecule has 0 spiro atoms. The van der Waals surface area contributed by atoms with Gasteiger partial charge < -0.3 is 9.47 Å². The predicted octanol–water partition coefficient (Wildman–Crippen LogP) is 1.88. The number of nitrogens with zero attached hydrogens (tertiary/aromatic N) is 1. The number of hydrogen-bond donors (Lipinski definition) is 0. The average molecular weight is 251 g/mol. The molecule has 0 bridgehead atoms. The van der Waals surface area contributed by atoms with Crippen molar-refractivity contribution in [3.05, 3.63) is 46.1 Å². The zero-order valence-corrected chi connectivity index (χ0v) is 10.1. The Hall–Kier alpha value is -2.37. The van der Waals surface area contributed by atoms with E-state index >= 15 is 0 Å². The topological polar surface area (TPSA) is 78.7 Å². The van der Waals surface area contributed by atoms with Crippen molar-refractivity contribution in [1.82, 2.24) is 0 Å². The first kappa shape index (κ1) is 13.7. The van der Waals surface area contributed by atoms with Gasteiger partial charge in [0.15, 0.2) is 0 Å². The molecule has 6 nitrogen and oxygen atoms in total. The zero-order chi connectivity index (χ0) is 13.5. The van der Waals surface area contributed by atoms with Gasteiger partial charge >= 0.3 is 5.97 Å². The number of rotatable bonds is 5. The van der Waals surface area contributed by atoms with E-state index in [1.165, 1.54) is 7.11 Å². The van der Waals surface area contributed by atoms with Crippen LogP contribution in [0.1, 0.15) is 12.5 Å². The smallest absolute Gasteiger partial charge is 0.345 e. The van der Waals surface area contributed by atoms with Crippen molar-refractivity contribution in [3.63, 3.8) is 0 Å². The van der Waals surface area contributed by atoms with Crippen LogP contribution in [0, 0.1) is 10.1 Å². The van der Waals surface area contributed by atoms with Crippen LogP contribution >= 0.6 is 0 Å². The van der Waals surface area contributed by atoms with Crippen molar-refractivity contribution in [2.24, 2.45) is 0 Å². The lowest BCUT2D eigenvalue weighted by atomic mass is 10.1. The van der Waals surface area contributed by atoms with Gasteiger partial charge in [-0.2, -0.15) is 0 Å². The van der Waals surface area contributed by atoms with Gasteiger partial charge in [0.25, 0.3) is 0 Å². The number of esters is 1. The van der Waals surface area contributed by atoms with Crippen molar-refractivity contribution < 1.29 is 19.2 Å². The Morgan fingerprint density at radius 2 is 2.00 bits per heavy atom. The number of ether oxygens (including phenoxy) is 2. The highest BCUT2D eigenvalue weighted by Gasteiger charge is 2.17. The molecule has 0 unspecified atom stereocenters. The van der Waals surface area contributed by atoms with Gasteiger partial charge in [0, 0.05) is 0 Å². The minimum atomic E-state index is -0.723. The third kappa shape index (κ3) is 3.58. The number of benzene rings is 1. The lowest BCUT2D eigenvalue weighted by molar-refractivity contribution is -0.401. The first-order chi connectivity index (χ1) is 8.58.